The van der Waals surface area contributed by atoms with Crippen LogP contribution in [-0.2, 0) is 13.8 Å². The molecule has 0 N–H and O–H groups in total. The molecule has 1 saturated carbocycles. The highest BCUT2D eigenvalue weighted by Gasteiger charge is 2.53. The molecule has 1 heterocycles. The molecule has 2 fully saturated rings. The van der Waals surface area contributed by atoms with E-state index in [0.29, 0.717) is 13.1 Å². The molecule has 1 aliphatic heterocycles. The molecular formula is C13H22ClNO4S. The minimum Gasteiger partial charge on any atom is -0.444 e. The molecule has 0 radical (unpaired) electrons. The molecule has 0 aromatic rings. The van der Waals surface area contributed by atoms with Gasteiger partial charge in [0.25, 0.3) is 0 Å². The van der Waals surface area contributed by atoms with E-state index in [1.165, 1.54) is 0 Å². The van der Waals surface area contributed by atoms with Crippen LogP contribution in [0.2, 0.25) is 0 Å². The summed E-state index contributed by atoms with van der Waals surface area (Å²) in [6.07, 6.45) is 2.40. The minimum absolute atomic E-state index is 0.0501. The molecule has 0 aromatic carbocycles. The van der Waals surface area contributed by atoms with Crippen LogP contribution < -0.4 is 0 Å². The molecule has 2 unspecified atom stereocenters. The van der Waals surface area contributed by atoms with Crippen LogP contribution >= 0.6 is 10.7 Å². The van der Waals surface area contributed by atoms with Crippen LogP contribution in [-0.4, -0.2) is 43.9 Å². The van der Waals surface area contributed by atoms with Gasteiger partial charge in [-0.15, -0.1) is 0 Å². The molecule has 1 amide bonds. The van der Waals surface area contributed by atoms with Crippen LogP contribution in [0, 0.1) is 11.3 Å². The first-order valence-corrected chi connectivity index (χ1v) is 9.39. The average molecular weight is 324 g/mol. The van der Waals surface area contributed by atoms with Gasteiger partial charge in [-0.3, -0.25) is 0 Å². The topological polar surface area (TPSA) is 63.7 Å². The van der Waals surface area contributed by atoms with E-state index in [1.807, 2.05) is 20.8 Å². The zero-order chi connectivity index (χ0) is 15.2. The molecule has 1 aliphatic carbocycles. The molecule has 0 bridgehead atoms. The second kappa shape index (κ2) is 5.05. The van der Waals surface area contributed by atoms with Crippen molar-refractivity contribution in [3.63, 3.8) is 0 Å². The minimum atomic E-state index is -3.56. The van der Waals surface area contributed by atoms with Gasteiger partial charge in [0, 0.05) is 29.2 Å². The number of hydrogen-bond donors (Lipinski definition) is 0. The van der Waals surface area contributed by atoms with Gasteiger partial charge in [0.1, 0.15) is 5.60 Å². The van der Waals surface area contributed by atoms with E-state index < -0.39 is 14.7 Å². The third-order valence-corrected chi connectivity index (χ3v) is 5.40. The Hall–Kier alpha value is -0.490. The van der Waals surface area contributed by atoms with Crippen molar-refractivity contribution in [2.24, 2.45) is 11.3 Å². The van der Waals surface area contributed by atoms with Gasteiger partial charge in [0.2, 0.25) is 9.05 Å². The van der Waals surface area contributed by atoms with Crippen molar-refractivity contribution in [2.45, 2.75) is 45.6 Å². The summed E-state index contributed by atoms with van der Waals surface area (Å²) in [6.45, 7) is 6.46. The number of hydrogen-bond acceptors (Lipinski definition) is 4. The molecule has 0 aromatic heterocycles. The standard InChI is InChI=1S/C13H22ClNO4S/c1-12(2,3)19-11(16)15-7-10-5-4-6-13(10,8-15)9-20(14,17)18/h10H,4-9H2,1-3H3. The van der Waals surface area contributed by atoms with Gasteiger partial charge in [0.05, 0.1) is 5.75 Å². The molecule has 7 heteroatoms. The maximum Gasteiger partial charge on any atom is 0.410 e. The third-order valence-electron chi connectivity index (χ3n) is 4.15. The van der Waals surface area contributed by atoms with Crippen LogP contribution in [0.3, 0.4) is 0 Å². The first-order chi connectivity index (χ1) is 9.01. The Morgan fingerprint density at radius 2 is 2.10 bits per heavy atom. The van der Waals surface area contributed by atoms with E-state index in [1.54, 1.807) is 4.90 Å². The van der Waals surface area contributed by atoms with Gasteiger partial charge in [0.15, 0.2) is 0 Å². The summed E-state index contributed by atoms with van der Waals surface area (Å²) in [5, 5.41) is 0. The fourth-order valence-corrected chi connectivity index (χ4v) is 5.27. The summed E-state index contributed by atoms with van der Waals surface area (Å²) < 4.78 is 28.3. The quantitative estimate of drug-likeness (QED) is 0.733. The lowest BCUT2D eigenvalue weighted by Gasteiger charge is -2.28. The lowest BCUT2D eigenvalue weighted by atomic mass is 9.83. The summed E-state index contributed by atoms with van der Waals surface area (Å²) in [5.41, 5.74) is -0.919. The summed E-state index contributed by atoms with van der Waals surface area (Å²) in [6, 6.07) is 0. The van der Waals surface area contributed by atoms with Crippen molar-refractivity contribution in [2.75, 3.05) is 18.8 Å². The van der Waals surface area contributed by atoms with E-state index in [2.05, 4.69) is 0 Å². The number of carbonyl (C=O) groups is 1. The molecule has 2 aliphatic rings. The van der Waals surface area contributed by atoms with Crippen LogP contribution in [0.25, 0.3) is 0 Å². The van der Waals surface area contributed by atoms with E-state index in [-0.39, 0.29) is 23.2 Å². The maximum absolute atomic E-state index is 12.1. The first-order valence-electron chi connectivity index (χ1n) is 6.91. The molecule has 20 heavy (non-hydrogen) atoms. The second-order valence-corrected chi connectivity index (χ2v) is 9.77. The van der Waals surface area contributed by atoms with Gasteiger partial charge < -0.3 is 9.64 Å². The van der Waals surface area contributed by atoms with Gasteiger partial charge in [-0.05, 0) is 39.5 Å². The largest absolute Gasteiger partial charge is 0.444 e. The lowest BCUT2D eigenvalue weighted by molar-refractivity contribution is 0.0271. The summed E-state index contributed by atoms with van der Waals surface area (Å²) >= 11 is 0. The molecule has 2 atom stereocenters. The number of rotatable bonds is 2. The molecule has 0 spiro atoms. The van der Waals surface area contributed by atoms with Crippen LogP contribution in [0.4, 0.5) is 4.79 Å². The SMILES string of the molecule is CC(C)(C)OC(=O)N1CC2CCCC2(CS(=O)(=O)Cl)C1. The van der Waals surface area contributed by atoms with Crippen molar-refractivity contribution < 1.29 is 17.9 Å². The summed E-state index contributed by atoms with van der Waals surface area (Å²) in [4.78, 5) is 13.8. The average Bonchev–Trinajstić information content (AvgIpc) is 2.67. The summed E-state index contributed by atoms with van der Waals surface area (Å²) in [5.74, 6) is 0.162. The number of halogens is 1. The number of nitrogens with zero attached hydrogens (tertiary/aromatic N) is 1. The fraction of sp³-hybridized carbons (Fsp3) is 0.923. The maximum atomic E-state index is 12.1. The zero-order valence-electron chi connectivity index (χ0n) is 12.2. The van der Waals surface area contributed by atoms with Crippen molar-refractivity contribution in [1.82, 2.24) is 4.90 Å². The highest BCUT2D eigenvalue weighted by molar-refractivity contribution is 8.13. The monoisotopic (exact) mass is 323 g/mol. The highest BCUT2D eigenvalue weighted by atomic mass is 35.7. The molecule has 5 nitrogen and oxygen atoms in total. The predicted molar refractivity (Wildman–Crippen MR) is 77.2 cm³/mol. The molecular weight excluding hydrogens is 302 g/mol. The molecule has 116 valence electrons. The van der Waals surface area contributed by atoms with Crippen molar-refractivity contribution in [1.29, 1.82) is 0 Å². The predicted octanol–water partition coefficient (Wildman–Crippen LogP) is 2.59. The van der Waals surface area contributed by atoms with E-state index in [9.17, 15) is 13.2 Å². The summed E-state index contributed by atoms with van der Waals surface area (Å²) in [7, 11) is 1.88. The molecule has 1 saturated heterocycles. The fourth-order valence-electron chi connectivity index (χ4n) is 3.46. The highest BCUT2D eigenvalue weighted by Crippen LogP contribution is 2.50. The molecule has 2 rings (SSSR count). The number of carbonyl (C=O) groups excluding carboxylic acids is 1. The first kappa shape index (κ1) is 15.9. The number of ether oxygens (including phenoxy) is 1. The normalized spacial score (nSPS) is 30.4. The number of amides is 1. The Bertz CT molecular complexity index is 499. The zero-order valence-corrected chi connectivity index (χ0v) is 13.8. The van der Waals surface area contributed by atoms with Crippen LogP contribution in [0.1, 0.15) is 40.0 Å². The third kappa shape index (κ3) is 3.58. The van der Waals surface area contributed by atoms with Gasteiger partial charge in [-0.1, -0.05) is 6.42 Å². The van der Waals surface area contributed by atoms with Gasteiger partial charge >= 0.3 is 6.09 Å². The number of fused-ring (bicyclic) bond motifs is 1. The lowest BCUT2D eigenvalue weighted by Crippen LogP contribution is -2.38. The Morgan fingerprint density at radius 3 is 2.65 bits per heavy atom. The van der Waals surface area contributed by atoms with Crippen LogP contribution in [0.5, 0.6) is 0 Å². The second-order valence-electron chi connectivity index (χ2n) is 7.00. The Morgan fingerprint density at radius 1 is 1.45 bits per heavy atom. The number of likely N-dealkylation sites (tertiary alicyclic amines) is 1. The van der Waals surface area contributed by atoms with Crippen molar-refractivity contribution in [3.8, 4) is 0 Å². The Kier molecular flexibility index (Phi) is 4.02. The van der Waals surface area contributed by atoms with E-state index in [0.717, 1.165) is 19.3 Å². The smallest absolute Gasteiger partial charge is 0.410 e. The van der Waals surface area contributed by atoms with E-state index >= 15 is 0 Å². The Labute approximate surface area is 125 Å². The van der Waals surface area contributed by atoms with E-state index in [4.69, 9.17) is 15.4 Å². The van der Waals surface area contributed by atoms with Gasteiger partial charge in [-0.25, -0.2) is 13.2 Å². The van der Waals surface area contributed by atoms with Crippen LogP contribution in [0.15, 0.2) is 0 Å². The van der Waals surface area contributed by atoms with Crippen molar-refractivity contribution in [3.05, 3.63) is 0 Å². The van der Waals surface area contributed by atoms with Crippen molar-refractivity contribution >= 4 is 25.8 Å². The van der Waals surface area contributed by atoms with Gasteiger partial charge in [-0.2, -0.15) is 0 Å². The Balaban J connectivity index is 2.11.